The van der Waals surface area contributed by atoms with Crippen molar-refractivity contribution in [1.82, 2.24) is 0 Å². The zero-order chi connectivity index (χ0) is 13.1. The predicted molar refractivity (Wildman–Crippen MR) is 78.0 cm³/mol. The third-order valence-corrected chi connectivity index (χ3v) is 3.10. The summed E-state index contributed by atoms with van der Waals surface area (Å²) in [6.07, 6.45) is 14.1. The third-order valence-electron chi connectivity index (χ3n) is 3.10. The number of aldehydes is 1. The Kier molecular flexibility index (Phi) is 7.87. The molecule has 0 N–H and O–H groups in total. The van der Waals surface area contributed by atoms with Crippen molar-refractivity contribution in [1.29, 1.82) is 0 Å². The SMILES string of the molecule is CC/C=C/CCCCCCc1ccc(C=O)cc1. The van der Waals surface area contributed by atoms with Crippen LogP contribution >= 0.6 is 0 Å². The normalized spacial score (nSPS) is 10.9. The number of hydrogen-bond acceptors (Lipinski definition) is 1. The number of aryl methyl sites for hydroxylation is 1. The lowest BCUT2D eigenvalue weighted by atomic mass is 10.0. The van der Waals surface area contributed by atoms with Crippen molar-refractivity contribution in [2.45, 2.75) is 51.9 Å². The van der Waals surface area contributed by atoms with Crippen LogP contribution in [-0.2, 0) is 6.42 Å². The van der Waals surface area contributed by atoms with E-state index in [-0.39, 0.29) is 0 Å². The number of unbranched alkanes of at least 4 members (excludes halogenated alkanes) is 4. The van der Waals surface area contributed by atoms with E-state index in [2.05, 4.69) is 31.2 Å². The first-order chi connectivity index (χ1) is 8.86. The average molecular weight is 244 g/mol. The molecule has 0 aliphatic heterocycles. The number of allylic oxidation sites excluding steroid dienone is 2. The highest BCUT2D eigenvalue weighted by molar-refractivity contribution is 5.74. The summed E-state index contributed by atoms with van der Waals surface area (Å²) in [6.45, 7) is 2.17. The first-order valence-corrected chi connectivity index (χ1v) is 7.06. The predicted octanol–water partition coefficient (Wildman–Crippen LogP) is 4.96. The van der Waals surface area contributed by atoms with Crippen molar-refractivity contribution in [2.75, 3.05) is 0 Å². The van der Waals surface area contributed by atoms with Crippen LogP contribution in [0.2, 0.25) is 0 Å². The molecular formula is C17H24O. The molecule has 0 amide bonds. The molecule has 0 atom stereocenters. The first-order valence-electron chi connectivity index (χ1n) is 7.06. The summed E-state index contributed by atoms with van der Waals surface area (Å²) in [4.78, 5) is 10.5. The highest BCUT2D eigenvalue weighted by Gasteiger charge is 1.94. The van der Waals surface area contributed by atoms with Crippen molar-refractivity contribution in [3.05, 3.63) is 47.5 Å². The van der Waals surface area contributed by atoms with Crippen LogP contribution in [0.25, 0.3) is 0 Å². The molecule has 1 aromatic carbocycles. The Morgan fingerprint density at radius 1 is 0.944 bits per heavy atom. The van der Waals surface area contributed by atoms with Gasteiger partial charge in [0.1, 0.15) is 6.29 Å². The summed E-state index contributed by atoms with van der Waals surface area (Å²) >= 11 is 0. The molecule has 0 spiro atoms. The maximum Gasteiger partial charge on any atom is 0.150 e. The summed E-state index contributed by atoms with van der Waals surface area (Å²) < 4.78 is 0. The fourth-order valence-corrected chi connectivity index (χ4v) is 1.99. The summed E-state index contributed by atoms with van der Waals surface area (Å²) in [7, 11) is 0. The topological polar surface area (TPSA) is 17.1 Å². The smallest absolute Gasteiger partial charge is 0.150 e. The Morgan fingerprint density at radius 3 is 2.33 bits per heavy atom. The molecule has 0 aromatic heterocycles. The lowest BCUT2D eigenvalue weighted by molar-refractivity contribution is 0.112. The van der Waals surface area contributed by atoms with E-state index < -0.39 is 0 Å². The molecular weight excluding hydrogens is 220 g/mol. The molecule has 0 aliphatic carbocycles. The van der Waals surface area contributed by atoms with Crippen LogP contribution in [0.3, 0.4) is 0 Å². The fourth-order valence-electron chi connectivity index (χ4n) is 1.99. The molecule has 0 fully saturated rings. The van der Waals surface area contributed by atoms with Gasteiger partial charge in [-0.25, -0.2) is 0 Å². The van der Waals surface area contributed by atoms with Gasteiger partial charge in [0.15, 0.2) is 0 Å². The Balaban J connectivity index is 2.06. The minimum Gasteiger partial charge on any atom is -0.298 e. The van der Waals surface area contributed by atoms with E-state index in [0.29, 0.717) is 0 Å². The van der Waals surface area contributed by atoms with Crippen LogP contribution in [0.4, 0.5) is 0 Å². The van der Waals surface area contributed by atoms with Gasteiger partial charge < -0.3 is 0 Å². The second-order valence-electron chi connectivity index (χ2n) is 4.69. The van der Waals surface area contributed by atoms with Gasteiger partial charge in [-0.15, -0.1) is 0 Å². The Hall–Kier alpha value is -1.37. The van der Waals surface area contributed by atoms with Gasteiger partial charge in [-0.1, -0.05) is 56.2 Å². The summed E-state index contributed by atoms with van der Waals surface area (Å²) in [5, 5.41) is 0. The minimum absolute atomic E-state index is 0.765. The Morgan fingerprint density at radius 2 is 1.67 bits per heavy atom. The van der Waals surface area contributed by atoms with Gasteiger partial charge in [0.05, 0.1) is 0 Å². The monoisotopic (exact) mass is 244 g/mol. The van der Waals surface area contributed by atoms with Crippen molar-refractivity contribution in [3.8, 4) is 0 Å². The summed E-state index contributed by atoms with van der Waals surface area (Å²) in [5.41, 5.74) is 2.10. The highest BCUT2D eigenvalue weighted by atomic mass is 16.1. The summed E-state index contributed by atoms with van der Waals surface area (Å²) in [6, 6.07) is 7.93. The van der Waals surface area contributed by atoms with E-state index >= 15 is 0 Å². The standard InChI is InChI=1S/C17H24O/c1-2-3-4-5-6-7-8-9-10-16-11-13-17(15-18)14-12-16/h3-4,11-15H,2,5-10H2,1H3/b4-3+. The molecule has 1 rings (SSSR count). The fraction of sp³-hybridized carbons (Fsp3) is 0.471. The van der Waals surface area contributed by atoms with Crippen LogP contribution in [-0.4, -0.2) is 6.29 Å². The molecule has 0 aliphatic rings. The number of rotatable bonds is 9. The van der Waals surface area contributed by atoms with E-state index in [1.165, 1.54) is 37.7 Å². The first kappa shape index (κ1) is 14.7. The number of benzene rings is 1. The number of carbonyl (C=O) groups is 1. The number of hydrogen-bond donors (Lipinski definition) is 0. The molecule has 0 saturated heterocycles. The molecule has 0 saturated carbocycles. The van der Waals surface area contributed by atoms with Crippen molar-refractivity contribution >= 4 is 6.29 Å². The molecule has 0 unspecified atom stereocenters. The van der Waals surface area contributed by atoms with E-state index in [1.54, 1.807) is 0 Å². The second kappa shape index (κ2) is 9.64. The van der Waals surface area contributed by atoms with Gasteiger partial charge in [0, 0.05) is 5.56 Å². The van der Waals surface area contributed by atoms with Gasteiger partial charge in [0.25, 0.3) is 0 Å². The van der Waals surface area contributed by atoms with Gasteiger partial charge in [0.2, 0.25) is 0 Å². The van der Waals surface area contributed by atoms with Gasteiger partial charge in [-0.3, -0.25) is 4.79 Å². The molecule has 18 heavy (non-hydrogen) atoms. The molecule has 0 heterocycles. The second-order valence-corrected chi connectivity index (χ2v) is 4.69. The van der Waals surface area contributed by atoms with Crippen LogP contribution in [0, 0.1) is 0 Å². The van der Waals surface area contributed by atoms with E-state index in [9.17, 15) is 4.79 Å². The van der Waals surface area contributed by atoms with Crippen molar-refractivity contribution < 1.29 is 4.79 Å². The van der Waals surface area contributed by atoms with Gasteiger partial charge in [-0.05, 0) is 37.7 Å². The highest BCUT2D eigenvalue weighted by Crippen LogP contribution is 2.10. The molecule has 0 bridgehead atoms. The van der Waals surface area contributed by atoms with Crippen molar-refractivity contribution in [2.24, 2.45) is 0 Å². The molecule has 1 nitrogen and oxygen atoms in total. The molecule has 1 heteroatoms. The van der Waals surface area contributed by atoms with Gasteiger partial charge in [-0.2, -0.15) is 0 Å². The Labute approximate surface area is 111 Å². The van der Waals surface area contributed by atoms with Crippen LogP contribution in [0.15, 0.2) is 36.4 Å². The number of carbonyl (C=O) groups excluding carboxylic acids is 1. The maximum absolute atomic E-state index is 10.5. The van der Waals surface area contributed by atoms with E-state index in [4.69, 9.17) is 0 Å². The zero-order valence-corrected chi connectivity index (χ0v) is 11.4. The molecule has 1 aromatic rings. The van der Waals surface area contributed by atoms with Crippen LogP contribution in [0.5, 0.6) is 0 Å². The zero-order valence-electron chi connectivity index (χ0n) is 11.4. The third kappa shape index (κ3) is 6.39. The quantitative estimate of drug-likeness (QED) is 0.341. The largest absolute Gasteiger partial charge is 0.298 e. The van der Waals surface area contributed by atoms with Crippen molar-refractivity contribution in [3.63, 3.8) is 0 Å². The molecule has 98 valence electrons. The minimum atomic E-state index is 0.765. The summed E-state index contributed by atoms with van der Waals surface area (Å²) in [5.74, 6) is 0. The van der Waals surface area contributed by atoms with Crippen LogP contribution in [0.1, 0.15) is 61.4 Å². The molecule has 0 radical (unpaired) electrons. The lowest BCUT2D eigenvalue weighted by Crippen LogP contribution is -1.87. The van der Waals surface area contributed by atoms with E-state index in [0.717, 1.165) is 24.7 Å². The van der Waals surface area contributed by atoms with Crippen LogP contribution < -0.4 is 0 Å². The Bertz CT molecular complexity index is 348. The average Bonchev–Trinajstić information content (AvgIpc) is 2.42. The van der Waals surface area contributed by atoms with Gasteiger partial charge >= 0.3 is 0 Å². The maximum atomic E-state index is 10.5. The lowest BCUT2D eigenvalue weighted by Gasteiger charge is -2.01. The van der Waals surface area contributed by atoms with E-state index in [1.807, 2.05) is 12.1 Å².